The molecule has 0 aliphatic carbocycles. The van der Waals surface area contributed by atoms with Gasteiger partial charge in [0.25, 0.3) is 0 Å². The molecule has 0 aliphatic rings. The molecule has 0 fully saturated rings. The van der Waals surface area contributed by atoms with Gasteiger partial charge in [0.15, 0.2) is 5.78 Å². The van der Waals surface area contributed by atoms with Gasteiger partial charge in [0.1, 0.15) is 5.15 Å². The molecule has 0 spiro atoms. The Morgan fingerprint density at radius 3 is 2.88 bits per heavy atom. The van der Waals surface area contributed by atoms with Crippen molar-refractivity contribution in [1.82, 2.24) is 9.97 Å². The Morgan fingerprint density at radius 1 is 1.35 bits per heavy atom. The average Bonchev–Trinajstić information content (AvgIpc) is 2.32. The van der Waals surface area contributed by atoms with Crippen molar-refractivity contribution in [2.45, 2.75) is 6.42 Å². The molecule has 0 atom stereocenters. The molecule has 17 heavy (non-hydrogen) atoms. The standard InChI is InChI=1S/C12H10ClN3O/c13-12-6-8(1-4-16-12)11(17)5-9-7-15-3-2-10(9)14/h1-4,6-7H,5H2,(H2,14,15). The number of anilines is 1. The first-order valence-corrected chi connectivity index (χ1v) is 5.38. The molecule has 2 heterocycles. The van der Waals surface area contributed by atoms with Gasteiger partial charge in [-0.3, -0.25) is 9.78 Å². The largest absolute Gasteiger partial charge is 0.398 e. The summed E-state index contributed by atoms with van der Waals surface area (Å²) < 4.78 is 0. The van der Waals surface area contributed by atoms with Gasteiger partial charge in [0.2, 0.25) is 0 Å². The van der Waals surface area contributed by atoms with Gasteiger partial charge in [0, 0.05) is 41.8 Å². The molecule has 0 saturated carbocycles. The number of Topliss-reactive ketones (excluding diaryl/α,β-unsaturated/α-hetero) is 1. The first-order chi connectivity index (χ1) is 8.16. The minimum Gasteiger partial charge on any atom is -0.398 e. The van der Waals surface area contributed by atoms with Crippen LogP contribution in [-0.4, -0.2) is 15.8 Å². The molecule has 2 aromatic rings. The summed E-state index contributed by atoms with van der Waals surface area (Å²) in [7, 11) is 0. The minimum atomic E-state index is -0.0611. The van der Waals surface area contributed by atoms with Crippen LogP contribution in [0.4, 0.5) is 5.69 Å². The van der Waals surface area contributed by atoms with Crippen LogP contribution in [0.15, 0.2) is 36.8 Å². The van der Waals surface area contributed by atoms with Crippen molar-refractivity contribution in [3.05, 3.63) is 53.1 Å². The van der Waals surface area contributed by atoms with Crippen molar-refractivity contribution in [1.29, 1.82) is 0 Å². The van der Waals surface area contributed by atoms with Crippen LogP contribution in [0, 0.1) is 0 Å². The number of halogens is 1. The van der Waals surface area contributed by atoms with Gasteiger partial charge < -0.3 is 5.73 Å². The number of carbonyl (C=O) groups excluding carboxylic acids is 1. The van der Waals surface area contributed by atoms with Gasteiger partial charge >= 0.3 is 0 Å². The fraction of sp³-hybridized carbons (Fsp3) is 0.0833. The maximum Gasteiger partial charge on any atom is 0.167 e. The Kier molecular flexibility index (Phi) is 3.35. The Morgan fingerprint density at radius 2 is 2.18 bits per heavy atom. The lowest BCUT2D eigenvalue weighted by atomic mass is 10.0. The third-order valence-electron chi connectivity index (χ3n) is 2.34. The molecule has 2 rings (SSSR count). The molecule has 2 N–H and O–H groups in total. The molecule has 5 heteroatoms. The highest BCUT2D eigenvalue weighted by molar-refractivity contribution is 6.29. The summed E-state index contributed by atoms with van der Waals surface area (Å²) in [4.78, 5) is 19.7. The van der Waals surface area contributed by atoms with Gasteiger partial charge in [-0.2, -0.15) is 0 Å². The molecule has 0 unspecified atom stereocenters. The molecule has 2 aromatic heterocycles. The summed E-state index contributed by atoms with van der Waals surface area (Å²) >= 11 is 5.72. The maximum absolute atomic E-state index is 11.9. The van der Waals surface area contributed by atoms with E-state index in [2.05, 4.69) is 9.97 Å². The number of nitrogens with zero attached hydrogens (tertiary/aromatic N) is 2. The molecule has 0 radical (unpaired) electrons. The highest BCUT2D eigenvalue weighted by Crippen LogP contribution is 2.14. The topological polar surface area (TPSA) is 68.9 Å². The first-order valence-electron chi connectivity index (χ1n) is 5.00. The number of pyridine rings is 2. The van der Waals surface area contributed by atoms with Crippen LogP contribution in [-0.2, 0) is 6.42 Å². The third kappa shape index (κ3) is 2.79. The van der Waals surface area contributed by atoms with Crippen molar-refractivity contribution in [3.8, 4) is 0 Å². The normalized spacial score (nSPS) is 10.2. The SMILES string of the molecule is Nc1ccncc1CC(=O)c1ccnc(Cl)c1. The van der Waals surface area contributed by atoms with Crippen LogP contribution in [0.5, 0.6) is 0 Å². The molecular weight excluding hydrogens is 238 g/mol. The maximum atomic E-state index is 11.9. The Labute approximate surface area is 103 Å². The lowest BCUT2D eigenvalue weighted by molar-refractivity contribution is 0.0993. The van der Waals surface area contributed by atoms with E-state index >= 15 is 0 Å². The number of nitrogens with two attached hydrogens (primary N) is 1. The number of aromatic nitrogens is 2. The van der Waals surface area contributed by atoms with Crippen molar-refractivity contribution in [2.75, 3.05) is 5.73 Å². The summed E-state index contributed by atoms with van der Waals surface area (Å²) in [6.07, 6.45) is 4.89. The predicted octanol–water partition coefficient (Wildman–Crippen LogP) is 2.14. The first kappa shape index (κ1) is 11.5. The highest BCUT2D eigenvalue weighted by Gasteiger charge is 2.09. The van der Waals surface area contributed by atoms with Crippen LogP contribution in [0.3, 0.4) is 0 Å². The van der Waals surface area contributed by atoms with Gasteiger partial charge in [0.05, 0.1) is 0 Å². The number of ketones is 1. The van der Waals surface area contributed by atoms with E-state index in [1.807, 2.05) is 0 Å². The summed E-state index contributed by atoms with van der Waals surface area (Å²) in [6.45, 7) is 0. The summed E-state index contributed by atoms with van der Waals surface area (Å²) in [5.41, 5.74) is 7.54. The lowest BCUT2D eigenvalue weighted by Crippen LogP contribution is -2.06. The summed E-state index contributed by atoms with van der Waals surface area (Å²) in [5.74, 6) is -0.0611. The van der Waals surface area contributed by atoms with Crippen LogP contribution in [0.1, 0.15) is 15.9 Å². The van der Waals surface area contributed by atoms with E-state index in [0.717, 1.165) is 0 Å². The second-order valence-electron chi connectivity index (χ2n) is 3.54. The smallest absolute Gasteiger partial charge is 0.167 e. The fourth-order valence-corrected chi connectivity index (χ4v) is 1.61. The molecule has 0 amide bonds. The Balaban J connectivity index is 2.20. The fourth-order valence-electron chi connectivity index (χ4n) is 1.44. The molecule has 0 saturated heterocycles. The van der Waals surface area contributed by atoms with E-state index in [1.54, 1.807) is 24.5 Å². The van der Waals surface area contributed by atoms with Gasteiger partial charge in [-0.15, -0.1) is 0 Å². The zero-order valence-electron chi connectivity index (χ0n) is 8.93. The van der Waals surface area contributed by atoms with E-state index in [1.165, 1.54) is 12.3 Å². The van der Waals surface area contributed by atoms with Crippen molar-refractivity contribution in [3.63, 3.8) is 0 Å². The molecule has 0 aromatic carbocycles. The van der Waals surface area contributed by atoms with Crippen LogP contribution >= 0.6 is 11.6 Å². The number of nitrogen functional groups attached to an aromatic ring is 1. The Hall–Kier alpha value is -1.94. The van der Waals surface area contributed by atoms with E-state index < -0.39 is 0 Å². The van der Waals surface area contributed by atoms with E-state index in [9.17, 15) is 4.79 Å². The third-order valence-corrected chi connectivity index (χ3v) is 2.55. The number of hydrogen-bond donors (Lipinski definition) is 1. The molecule has 0 aliphatic heterocycles. The predicted molar refractivity (Wildman–Crippen MR) is 65.9 cm³/mol. The summed E-state index contributed by atoms with van der Waals surface area (Å²) in [5, 5.41) is 0.301. The second-order valence-corrected chi connectivity index (χ2v) is 3.93. The molecule has 4 nitrogen and oxygen atoms in total. The molecular formula is C12H10ClN3O. The summed E-state index contributed by atoms with van der Waals surface area (Å²) in [6, 6.07) is 4.83. The van der Waals surface area contributed by atoms with Crippen molar-refractivity contribution < 1.29 is 4.79 Å². The van der Waals surface area contributed by atoms with Crippen LogP contribution in [0.2, 0.25) is 5.15 Å². The van der Waals surface area contributed by atoms with Gasteiger partial charge in [-0.25, -0.2) is 4.98 Å². The van der Waals surface area contributed by atoms with Crippen molar-refractivity contribution >= 4 is 23.1 Å². The van der Waals surface area contributed by atoms with Gasteiger partial charge in [-0.05, 0) is 18.2 Å². The van der Waals surface area contributed by atoms with E-state index in [4.69, 9.17) is 17.3 Å². The molecule has 86 valence electrons. The average molecular weight is 248 g/mol. The van der Waals surface area contributed by atoms with Crippen molar-refractivity contribution in [2.24, 2.45) is 0 Å². The van der Waals surface area contributed by atoms with Crippen LogP contribution in [0.25, 0.3) is 0 Å². The monoisotopic (exact) mass is 247 g/mol. The highest BCUT2D eigenvalue weighted by atomic mass is 35.5. The Bertz CT molecular complexity index is 557. The number of rotatable bonds is 3. The van der Waals surface area contributed by atoms with Crippen LogP contribution < -0.4 is 5.73 Å². The quantitative estimate of drug-likeness (QED) is 0.666. The lowest BCUT2D eigenvalue weighted by Gasteiger charge is -2.04. The zero-order chi connectivity index (χ0) is 12.3. The van der Waals surface area contributed by atoms with E-state index in [0.29, 0.717) is 22.0 Å². The number of carbonyl (C=O) groups is 1. The number of hydrogen-bond acceptors (Lipinski definition) is 4. The van der Waals surface area contributed by atoms with Gasteiger partial charge in [-0.1, -0.05) is 11.6 Å². The molecule has 0 bridgehead atoms. The minimum absolute atomic E-state index is 0.0611. The second kappa shape index (κ2) is 4.93. The van der Waals surface area contributed by atoms with E-state index in [-0.39, 0.29) is 12.2 Å². The zero-order valence-corrected chi connectivity index (χ0v) is 9.69.